The standard InChI is InChI=1S/C9H21NO2S4/c1-14-16-9-3-5-10(6-7-12-11)4-2-8-15-13/h11,13H,2-9H2,1H3. The lowest BCUT2D eigenvalue weighted by molar-refractivity contribution is -0.244. The van der Waals surface area contributed by atoms with E-state index in [0.717, 1.165) is 31.8 Å². The van der Waals surface area contributed by atoms with Gasteiger partial charge < -0.3 is 4.90 Å². The van der Waals surface area contributed by atoms with E-state index in [2.05, 4.69) is 27.7 Å². The van der Waals surface area contributed by atoms with E-state index in [9.17, 15) is 0 Å². The van der Waals surface area contributed by atoms with Gasteiger partial charge in [-0.25, -0.2) is 4.89 Å². The first-order chi connectivity index (χ1) is 7.85. The van der Waals surface area contributed by atoms with Gasteiger partial charge in [0.2, 0.25) is 0 Å². The Kier molecular flexibility index (Phi) is 15.5. The molecule has 0 aliphatic heterocycles. The van der Waals surface area contributed by atoms with Crippen LogP contribution in [0.3, 0.4) is 0 Å². The number of rotatable bonds is 12. The van der Waals surface area contributed by atoms with Crippen LogP contribution in [0.15, 0.2) is 0 Å². The van der Waals surface area contributed by atoms with E-state index in [4.69, 9.17) is 5.26 Å². The quantitative estimate of drug-likeness (QED) is 0.189. The maximum Gasteiger partial charge on any atom is 0.0946 e. The minimum atomic E-state index is 0.393. The highest BCUT2D eigenvalue weighted by molar-refractivity contribution is 8.76. The van der Waals surface area contributed by atoms with Gasteiger partial charge in [0.05, 0.1) is 6.61 Å². The summed E-state index contributed by atoms with van der Waals surface area (Å²) in [5.41, 5.74) is 0. The zero-order chi connectivity index (χ0) is 12.1. The van der Waals surface area contributed by atoms with Crippen molar-refractivity contribution in [1.82, 2.24) is 4.90 Å². The van der Waals surface area contributed by atoms with Crippen molar-refractivity contribution < 1.29 is 10.1 Å². The van der Waals surface area contributed by atoms with Crippen molar-refractivity contribution in [3.63, 3.8) is 0 Å². The summed E-state index contributed by atoms with van der Waals surface area (Å²) in [6, 6.07) is 0. The zero-order valence-electron chi connectivity index (χ0n) is 9.63. The fourth-order valence-electron chi connectivity index (χ4n) is 1.29. The summed E-state index contributed by atoms with van der Waals surface area (Å²) >= 11 is 4.12. The molecule has 0 aromatic carbocycles. The van der Waals surface area contributed by atoms with Crippen LogP contribution in [0, 0.1) is 0 Å². The number of nitrogens with zero attached hydrogens (tertiary/aromatic N) is 1. The lowest BCUT2D eigenvalue weighted by Crippen LogP contribution is -2.30. The van der Waals surface area contributed by atoms with E-state index in [1.54, 1.807) is 10.8 Å². The lowest BCUT2D eigenvalue weighted by atomic mass is 10.3. The van der Waals surface area contributed by atoms with Gasteiger partial charge in [0.15, 0.2) is 0 Å². The molecule has 0 bridgehead atoms. The molecule has 0 atom stereocenters. The molecule has 3 nitrogen and oxygen atoms in total. The van der Waals surface area contributed by atoms with E-state index in [1.165, 1.54) is 12.2 Å². The van der Waals surface area contributed by atoms with Crippen molar-refractivity contribution >= 4 is 44.0 Å². The molecular formula is C9H21NO2S4. The highest BCUT2D eigenvalue weighted by Crippen LogP contribution is 2.17. The normalized spacial score (nSPS) is 11.2. The summed E-state index contributed by atoms with van der Waals surface area (Å²) in [7, 11) is 5.29. The van der Waals surface area contributed by atoms with Gasteiger partial charge in [0.25, 0.3) is 0 Å². The van der Waals surface area contributed by atoms with Crippen molar-refractivity contribution in [1.29, 1.82) is 0 Å². The second-order valence-corrected chi connectivity index (χ2v) is 7.33. The van der Waals surface area contributed by atoms with E-state index >= 15 is 0 Å². The molecular weight excluding hydrogens is 282 g/mol. The van der Waals surface area contributed by atoms with Gasteiger partial charge in [-0.1, -0.05) is 32.4 Å². The fourth-order valence-corrected chi connectivity index (χ4v) is 3.20. The van der Waals surface area contributed by atoms with Crippen LogP contribution in [0.4, 0.5) is 0 Å². The minimum absolute atomic E-state index is 0.393. The lowest BCUT2D eigenvalue weighted by Gasteiger charge is -2.21. The van der Waals surface area contributed by atoms with Crippen LogP contribution in [0.2, 0.25) is 0 Å². The van der Waals surface area contributed by atoms with Gasteiger partial charge in [-0.3, -0.25) is 5.26 Å². The molecule has 0 rings (SSSR count). The zero-order valence-corrected chi connectivity index (χ0v) is 13.0. The molecule has 0 aliphatic rings. The van der Waals surface area contributed by atoms with Crippen LogP contribution in [0.1, 0.15) is 12.8 Å². The molecule has 0 aromatic heterocycles. The topological polar surface area (TPSA) is 32.7 Å². The molecule has 7 heteroatoms. The summed E-state index contributed by atoms with van der Waals surface area (Å²) in [4.78, 5) is 6.47. The maximum atomic E-state index is 8.35. The molecule has 0 unspecified atom stereocenters. The predicted molar refractivity (Wildman–Crippen MR) is 81.7 cm³/mol. The van der Waals surface area contributed by atoms with Gasteiger partial charge >= 0.3 is 0 Å². The van der Waals surface area contributed by atoms with Crippen molar-refractivity contribution in [3.05, 3.63) is 0 Å². The third-order valence-corrected chi connectivity index (χ3v) is 4.95. The number of thiol groups is 1. The van der Waals surface area contributed by atoms with E-state index in [0.29, 0.717) is 6.61 Å². The Bertz CT molecular complexity index is 143. The van der Waals surface area contributed by atoms with E-state index < -0.39 is 0 Å². The average molecular weight is 304 g/mol. The first-order valence-corrected chi connectivity index (χ1v) is 10.0. The smallest absolute Gasteiger partial charge is 0.0946 e. The average Bonchev–Trinajstić information content (AvgIpc) is 2.31. The van der Waals surface area contributed by atoms with Gasteiger partial charge in [-0.2, -0.15) is 0 Å². The highest BCUT2D eigenvalue weighted by Gasteiger charge is 2.04. The van der Waals surface area contributed by atoms with Crippen LogP contribution in [-0.2, 0) is 4.89 Å². The van der Waals surface area contributed by atoms with Crippen LogP contribution >= 0.6 is 44.0 Å². The predicted octanol–water partition coefficient (Wildman–Crippen LogP) is 3.15. The summed E-state index contributed by atoms with van der Waals surface area (Å²) in [6.45, 7) is 3.33. The Balaban J connectivity index is 3.54. The Morgan fingerprint density at radius 2 is 1.88 bits per heavy atom. The number of hydrogen-bond acceptors (Lipinski definition) is 7. The summed E-state index contributed by atoms with van der Waals surface area (Å²) in [5.74, 6) is 2.25. The van der Waals surface area contributed by atoms with Crippen molar-refractivity contribution in [2.24, 2.45) is 0 Å². The monoisotopic (exact) mass is 303 g/mol. The molecule has 0 radical (unpaired) electrons. The van der Waals surface area contributed by atoms with Crippen LogP contribution < -0.4 is 0 Å². The van der Waals surface area contributed by atoms with E-state index in [-0.39, 0.29) is 0 Å². The summed E-state index contributed by atoms with van der Waals surface area (Å²) < 4.78 is 0. The van der Waals surface area contributed by atoms with Crippen molar-refractivity contribution in [3.8, 4) is 0 Å². The Morgan fingerprint density at radius 3 is 2.44 bits per heavy atom. The Hall–Kier alpha value is 1.28. The fraction of sp³-hybridized carbons (Fsp3) is 1.00. The molecule has 0 heterocycles. The van der Waals surface area contributed by atoms with Gasteiger partial charge in [0.1, 0.15) is 0 Å². The van der Waals surface area contributed by atoms with Gasteiger partial charge in [0, 0.05) is 18.1 Å². The third-order valence-electron chi connectivity index (χ3n) is 2.03. The minimum Gasteiger partial charge on any atom is -0.301 e. The molecule has 0 saturated heterocycles. The van der Waals surface area contributed by atoms with Gasteiger partial charge in [-0.15, -0.1) is 11.7 Å². The van der Waals surface area contributed by atoms with Crippen molar-refractivity contribution in [2.45, 2.75) is 12.8 Å². The molecule has 0 aromatic rings. The molecule has 0 aliphatic carbocycles. The molecule has 0 amide bonds. The summed E-state index contributed by atoms with van der Waals surface area (Å²) in [5, 5.41) is 8.35. The molecule has 0 saturated carbocycles. The Labute approximate surface area is 116 Å². The van der Waals surface area contributed by atoms with Crippen LogP contribution in [-0.4, -0.2) is 54.2 Å². The van der Waals surface area contributed by atoms with Gasteiger partial charge in [-0.05, 0) is 32.2 Å². The molecule has 0 fully saturated rings. The molecule has 98 valence electrons. The first kappa shape index (κ1) is 17.3. The summed E-state index contributed by atoms with van der Waals surface area (Å²) in [6.07, 6.45) is 4.42. The highest BCUT2D eigenvalue weighted by atomic mass is 33.1. The Morgan fingerprint density at radius 1 is 1.19 bits per heavy atom. The largest absolute Gasteiger partial charge is 0.301 e. The SMILES string of the molecule is CSSCCCN(CCCSS)CCOO. The van der Waals surface area contributed by atoms with Crippen LogP contribution in [0.25, 0.3) is 0 Å². The molecule has 16 heavy (non-hydrogen) atoms. The first-order valence-electron chi connectivity index (χ1n) is 5.25. The third kappa shape index (κ3) is 11.8. The molecule has 1 N–H and O–H groups in total. The van der Waals surface area contributed by atoms with E-state index in [1.807, 2.05) is 21.6 Å². The second-order valence-electron chi connectivity index (χ2n) is 3.20. The number of hydrogen-bond donors (Lipinski definition) is 2. The van der Waals surface area contributed by atoms with Crippen molar-refractivity contribution in [2.75, 3.05) is 44.0 Å². The molecule has 0 spiro atoms. The maximum absolute atomic E-state index is 8.35. The second kappa shape index (κ2) is 14.3. The van der Waals surface area contributed by atoms with Crippen LogP contribution in [0.5, 0.6) is 0 Å².